The van der Waals surface area contributed by atoms with E-state index >= 15 is 0 Å². The molecule has 2 N–H and O–H groups in total. The van der Waals surface area contributed by atoms with E-state index in [0.717, 1.165) is 4.90 Å². The summed E-state index contributed by atoms with van der Waals surface area (Å²) in [4.78, 5) is 28.1. The molecule has 0 amide bonds. The number of thioether (sulfide) groups is 1. The van der Waals surface area contributed by atoms with Gasteiger partial charge in [-0.15, -0.1) is 11.8 Å². The Bertz CT molecular complexity index is 585. The molecule has 2 aromatic rings. The van der Waals surface area contributed by atoms with Gasteiger partial charge < -0.3 is 4.98 Å². The maximum Gasteiger partial charge on any atom is 0.326 e. The van der Waals surface area contributed by atoms with Crippen LogP contribution >= 0.6 is 11.8 Å². The summed E-state index contributed by atoms with van der Waals surface area (Å²) in [6, 6.07) is 5.36. The van der Waals surface area contributed by atoms with Gasteiger partial charge in [-0.1, -0.05) is 0 Å². The molecule has 1 aromatic carbocycles. The first-order chi connectivity index (χ1) is 6.70. The lowest BCUT2D eigenvalue weighted by molar-refractivity contribution is 1.08. The van der Waals surface area contributed by atoms with E-state index in [1.807, 2.05) is 12.3 Å². The number of fused-ring (bicyclic) bond motifs is 1. The predicted octanol–water partition coefficient (Wildman–Crippen LogP) is 0.938. The van der Waals surface area contributed by atoms with E-state index in [2.05, 4.69) is 9.97 Å². The van der Waals surface area contributed by atoms with Gasteiger partial charge in [0.1, 0.15) is 0 Å². The third-order valence-corrected chi connectivity index (χ3v) is 2.67. The van der Waals surface area contributed by atoms with Gasteiger partial charge >= 0.3 is 5.69 Å². The summed E-state index contributed by atoms with van der Waals surface area (Å²) in [5.41, 5.74) is -0.254. The molecule has 0 aliphatic carbocycles. The van der Waals surface area contributed by atoms with Gasteiger partial charge in [-0.2, -0.15) is 0 Å². The fourth-order valence-electron chi connectivity index (χ4n) is 1.27. The van der Waals surface area contributed by atoms with Crippen LogP contribution in [0.25, 0.3) is 10.9 Å². The smallest absolute Gasteiger partial charge is 0.307 e. The maximum atomic E-state index is 11.4. The van der Waals surface area contributed by atoms with Crippen molar-refractivity contribution < 1.29 is 0 Å². The topological polar surface area (TPSA) is 65.7 Å². The van der Waals surface area contributed by atoms with Crippen molar-refractivity contribution >= 4 is 22.7 Å². The molecule has 0 bridgehead atoms. The maximum absolute atomic E-state index is 11.4. The lowest BCUT2D eigenvalue weighted by Crippen LogP contribution is -2.21. The second kappa shape index (κ2) is 3.34. The van der Waals surface area contributed by atoms with Crippen LogP contribution in [0.3, 0.4) is 0 Å². The molecule has 1 heterocycles. The predicted molar refractivity (Wildman–Crippen MR) is 57.0 cm³/mol. The molecule has 0 atom stereocenters. The molecule has 5 heteroatoms. The van der Waals surface area contributed by atoms with E-state index < -0.39 is 5.69 Å². The van der Waals surface area contributed by atoms with E-state index in [4.69, 9.17) is 0 Å². The number of rotatable bonds is 1. The summed E-state index contributed by atoms with van der Waals surface area (Å²) in [6.07, 6.45) is 1.93. The zero-order valence-corrected chi connectivity index (χ0v) is 8.27. The van der Waals surface area contributed by atoms with Gasteiger partial charge in [0.15, 0.2) is 0 Å². The molecule has 0 aliphatic rings. The highest BCUT2D eigenvalue weighted by atomic mass is 32.2. The van der Waals surface area contributed by atoms with Crippen LogP contribution in [0, 0.1) is 0 Å². The molecule has 4 nitrogen and oxygen atoms in total. The van der Waals surface area contributed by atoms with Crippen molar-refractivity contribution in [1.82, 2.24) is 9.97 Å². The summed E-state index contributed by atoms with van der Waals surface area (Å²) in [5.74, 6) is 0. The lowest BCUT2D eigenvalue weighted by atomic mass is 10.2. The summed E-state index contributed by atoms with van der Waals surface area (Å²) >= 11 is 1.55. The van der Waals surface area contributed by atoms with Gasteiger partial charge in [-0.3, -0.25) is 9.78 Å². The highest BCUT2D eigenvalue weighted by Gasteiger charge is 2.00. The van der Waals surface area contributed by atoms with Gasteiger partial charge in [0.2, 0.25) is 0 Å². The molecular weight excluding hydrogens is 200 g/mol. The van der Waals surface area contributed by atoms with Crippen LogP contribution in [0.4, 0.5) is 0 Å². The molecular formula is C9H8N2O2S. The van der Waals surface area contributed by atoms with Crippen molar-refractivity contribution in [3.05, 3.63) is 39.0 Å². The van der Waals surface area contributed by atoms with E-state index in [0.29, 0.717) is 10.9 Å². The first-order valence-corrected chi connectivity index (χ1v) is 5.23. The summed E-state index contributed by atoms with van der Waals surface area (Å²) in [7, 11) is 0. The van der Waals surface area contributed by atoms with Crippen molar-refractivity contribution in [2.45, 2.75) is 4.90 Å². The molecule has 72 valence electrons. The summed E-state index contributed by atoms with van der Waals surface area (Å²) in [6.45, 7) is 0. The van der Waals surface area contributed by atoms with Gasteiger partial charge in [0, 0.05) is 4.90 Å². The van der Waals surface area contributed by atoms with Crippen molar-refractivity contribution in [2.24, 2.45) is 0 Å². The van der Waals surface area contributed by atoms with Crippen molar-refractivity contribution in [3.8, 4) is 0 Å². The van der Waals surface area contributed by atoms with Crippen molar-refractivity contribution in [3.63, 3.8) is 0 Å². The first-order valence-electron chi connectivity index (χ1n) is 4.01. The number of H-pyrrole nitrogens is 2. The molecule has 0 radical (unpaired) electrons. The van der Waals surface area contributed by atoms with Crippen LogP contribution in [0.1, 0.15) is 0 Å². The zero-order valence-electron chi connectivity index (χ0n) is 7.46. The van der Waals surface area contributed by atoms with Gasteiger partial charge in [0.05, 0.1) is 10.9 Å². The Kier molecular flexibility index (Phi) is 2.17. The van der Waals surface area contributed by atoms with E-state index in [1.54, 1.807) is 23.9 Å². The highest BCUT2D eigenvalue weighted by Crippen LogP contribution is 2.17. The fraction of sp³-hybridized carbons (Fsp3) is 0.111. The third kappa shape index (κ3) is 1.46. The quantitative estimate of drug-likeness (QED) is 0.685. The van der Waals surface area contributed by atoms with Crippen LogP contribution in [-0.4, -0.2) is 16.2 Å². The minimum Gasteiger partial charge on any atom is -0.307 e. The molecule has 0 saturated carbocycles. The SMILES string of the molecule is CSc1ccc2[nH]c(=O)[nH]c(=O)c2c1. The standard InChI is InChI=1S/C9H8N2O2S/c1-14-5-2-3-7-6(4-5)8(12)11-9(13)10-7/h2-4H,1H3,(H2,10,11,12,13). The Labute approximate surface area is 83.4 Å². The molecule has 1 aromatic heterocycles. The average molecular weight is 208 g/mol. The number of aromatic amines is 2. The van der Waals surface area contributed by atoms with E-state index in [-0.39, 0.29) is 5.56 Å². The van der Waals surface area contributed by atoms with Crippen molar-refractivity contribution in [1.29, 1.82) is 0 Å². The summed E-state index contributed by atoms with van der Waals surface area (Å²) in [5, 5.41) is 0.511. The second-order valence-corrected chi connectivity index (χ2v) is 3.70. The average Bonchev–Trinajstić information content (AvgIpc) is 2.17. The van der Waals surface area contributed by atoms with Gasteiger partial charge in [-0.05, 0) is 24.5 Å². The molecule has 2 rings (SSSR count). The number of benzene rings is 1. The van der Waals surface area contributed by atoms with Crippen LogP contribution in [0.15, 0.2) is 32.7 Å². The van der Waals surface area contributed by atoms with Gasteiger partial charge in [0.25, 0.3) is 5.56 Å². The number of hydrogen-bond acceptors (Lipinski definition) is 3. The number of hydrogen-bond donors (Lipinski definition) is 2. The molecule has 0 unspecified atom stereocenters. The summed E-state index contributed by atoms with van der Waals surface area (Å²) < 4.78 is 0. The molecule has 0 spiro atoms. The first kappa shape index (κ1) is 9.08. The van der Waals surface area contributed by atoms with Gasteiger partial charge in [-0.25, -0.2) is 4.79 Å². The Morgan fingerprint density at radius 1 is 1.21 bits per heavy atom. The lowest BCUT2D eigenvalue weighted by Gasteiger charge is -1.98. The fourth-order valence-corrected chi connectivity index (χ4v) is 1.71. The second-order valence-electron chi connectivity index (χ2n) is 2.82. The van der Waals surface area contributed by atoms with Crippen LogP contribution in [0.5, 0.6) is 0 Å². The van der Waals surface area contributed by atoms with Crippen LogP contribution < -0.4 is 11.2 Å². The minimum atomic E-state index is -0.473. The Balaban J connectivity index is 2.89. The highest BCUT2D eigenvalue weighted by molar-refractivity contribution is 7.98. The number of nitrogens with one attached hydrogen (secondary N) is 2. The molecule has 0 aliphatic heterocycles. The van der Waals surface area contributed by atoms with Crippen molar-refractivity contribution in [2.75, 3.05) is 6.26 Å². The van der Waals surface area contributed by atoms with Crippen LogP contribution in [0.2, 0.25) is 0 Å². The third-order valence-electron chi connectivity index (χ3n) is 1.95. The Morgan fingerprint density at radius 2 is 2.00 bits per heavy atom. The molecule has 0 saturated heterocycles. The van der Waals surface area contributed by atoms with E-state index in [9.17, 15) is 9.59 Å². The Morgan fingerprint density at radius 3 is 2.71 bits per heavy atom. The van der Waals surface area contributed by atoms with Crippen LogP contribution in [-0.2, 0) is 0 Å². The molecule has 0 fully saturated rings. The largest absolute Gasteiger partial charge is 0.326 e. The number of aromatic nitrogens is 2. The molecule has 14 heavy (non-hydrogen) atoms. The van der Waals surface area contributed by atoms with E-state index in [1.165, 1.54) is 0 Å². The minimum absolute atomic E-state index is 0.348. The zero-order chi connectivity index (χ0) is 10.1. The Hall–Kier alpha value is -1.49. The monoisotopic (exact) mass is 208 g/mol. The normalized spacial score (nSPS) is 10.6.